The first-order valence-electron chi connectivity index (χ1n) is 3.10. The molecule has 9 heavy (non-hydrogen) atoms. The Labute approximate surface area is 55.3 Å². The number of aliphatic imine (C=N–C) groups is 1. The van der Waals surface area contributed by atoms with Gasteiger partial charge in [-0.05, 0) is 12.8 Å². The molecule has 0 aromatic rings. The second-order valence-electron chi connectivity index (χ2n) is 1.71. The van der Waals surface area contributed by atoms with Crippen LogP contribution in [0.3, 0.4) is 0 Å². The van der Waals surface area contributed by atoms with E-state index in [9.17, 15) is 4.79 Å². The average molecular weight is 125 g/mol. The summed E-state index contributed by atoms with van der Waals surface area (Å²) in [6.07, 6.45) is 4.96. The summed E-state index contributed by atoms with van der Waals surface area (Å²) in [5, 5.41) is 0. The molecule has 0 aromatic carbocycles. The second kappa shape index (κ2) is 5.26. The van der Waals surface area contributed by atoms with Gasteiger partial charge in [0.15, 0.2) is 0 Å². The van der Waals surface area contributed by atoms with Crippen LogP contribution in [0, 0.1) is 0 Å². The summed E-state index contributed by atoms with van der Waals surface area (Å²) >= 11 is 0. The Hall–Kier alpha value is -0.880. The predicted molar refractivity (Wildman–Crippen MR) is 36.8 cm³/mol. The fraction of sp³-hybridized carbons (Fsp3) is 0.571. The molecule has 0 spiro atoms. The van der Waals surface area contributed by atoms with E-state index in [4.69, 9.17) is 0 Å². The minimum atomic E-state index is 0.960. The zero-order valence-corrected chi connectivity index (χ0v) is 5.85. The minimum absolute atomic E-state index is 0.960. The maximum atomic E-state index is 9.60. The smallest absolute Gasteiger partial charge is 0.211 e. The van der Waals surface area contributed by atoms with E-state index in [1.807, 2.05) is 13.8 Å². The highest BCUT2D eigenvalue weighted by molar-refractivity contribution is 5.35. The lowest BCUT2D eigenvalue weighted by Gasteiger charge is -1.92. The summed E-state index contributed by atoms with van der Waals surface area (Å²) in [5.41, 5.74) is 1.18. The van der Waals surface area contributed by atoms with E-state index >= 15 is 0 Å². The molecule has 0 N–H and O–H groups in total. The summed E-state index contributed by atoms with van der Waals surface area (Å²) in [6, 6.07) is 0. The Bertz CT molecular complexity index is 137. The number of rotatable bonds is 3. The van der Waals surface area contributed by atoms with Gasteiger partial charge in [0.1, 0.15) is 0 Å². The molecule has 2 heteroatoms. The lowest BCUT2D eigenvalue weighted by molar-refractivity contribution is 0.565. The predicted octanol–water partition coefficient (Wildman–Crippen LogP) is 2.03. The first-order valence-corrected chi connectivity index (χ1v) is 3.10. The fourth-order valence-electron chi connectivity index (χ4n) is 0.550. The Kier molecular flexibility index (Phi) is 4.75. The Morgan fingerprint density at radius 3 is 2.44 bits per heavy atom. The minimum Gasteiger partial charge on any atom is -0.211 e. The van der Waals surface area contributed by atoms with Crippen LogP contribution in [0.25, 0.3) is 0 Å². The van der Waals surface area contributed by atoms with Crippen LogP contribution in [0.15, 0.2) is 16.8 Å². The van der Waals surface area contributed by atoms with Crippen LogP contribution in [0.1, 0.15) is 26.7 Å². The normalized spacial score (nSPS) is 7.78. The van der Waals surface area contributed by atoms with Crippen molar-refractivity contribution in [2.24, 2.45) is 4.99 Å². The first kappa shape index (κ1) is 8.12. The average Bonchev–Trinajstić information content (AvgIpc) is 1.91. The molecule has 0 aliphatic carbocycles. The van der Waals surface area contributed by atoms with Crippen molar-refractivity contribution < 1.29 is 4.79 Å². The summed E-state index contributed by atoms with van der Waals surface area (Å²) < 4.78 is 0. The molecule has 2 nitrogen and oxygen atoms in total. The van der Waals surface area contributed by atoms with Crippen molar-refractivity contribution in [3.63, 3.8) is 0 Å². The summed E-state index contributed by atoms with van der Waals surface area (Å²) in [4.78, 5) is 13.0. The van der Waals surface area contributed by atoms with E-state index in [0.717, 1.165) is 12.8 Å². The van der Waals surface area contributed by atoms with Gasteiger partial charge in [-0.3, -0.25) is 0 Å². The van der Waals surface area contributed by atoms with Crippen LogP contribution in [-0.4, -0.2) is 6.08 Å². The maximum absolute atomic E-state index is 9.60. The monoisotopic (exact) mass is 125 g/mol. The van der Waals surface area contributed by atoms with Crippen molar-refractivity contribution in [3.8, 4) is 0 Å². The summed E-state index contributed by atoms with van der Waals surface area (Å²) in [6.45, 7) is 4.07. The molecule has 0 saturated heterocycles. The first-order chi connectivity index (χ1) is 4.35. The third kappa shape index (κ3) is 3.68. The second-order valence-corrected chi connectivity index (χ2v) is 1.71. The lowest BCUT2D eigenvalue weighted by Crippen LogP contribution is -1.74. The van der Waals surface area contributed by atoms with Crippen molar-refractivity contribution in [3.05, 3.63) is 11.8 Å². The number of carbonyl (C=O) groups excluding carboxylic acids is 1. The van der Waals surface area contributed by atoms with Crippen molar-refractivity contribution in [1.82, 2.24) is 0 Å². The molecule has 0 fully saturated rings. The van der Waals surface area contributed by atoms with Gasteiger partial charge in [0.25, 0.3) is 0 Å². The van der Waals surface area contributed by atoms with E-state index in [-0.39, 0.29) is 0 Å². The van der Waals surface area contributed by atoms with E-state index < -0.39 is 0 Å². The van der Waals surface area contributed by atoms with Gasteiger partial charge in [-0.15, -0.1) is 0 Å². The molecule has 0 aliphatic rings. The molecule has 50 valence electrons. The highest BCUT2D eigenvalue weighted by Crippen LogP contribution is 2.03. The summed E-state index contributed by atoms with van der Waals surface area (Å²) in [7, 11) is 0. The molecule has 0 heterocycles. The fourth-order valence-corrected chi connectivity index (χ4v) is 0.550. The van der Waals surface area contributed by atoms with Crippen molar-refractivity contribution >= 4 is 6.08 Å². The molecular formula is C7H11NO. The van der Waals surface area contributed by atoms with Crippen molar-refractivity contribution in [2.75, 3.05) is 0 Å². The Morgan fingerprint density at radius 2 is 2.11 bits per heavy atom. The van der Waals surface area contributed by atoms with Crippen LogP contribution in [0.5, 0.6) is 0 Å². The molecule has 0 rings (SSSR count). The van der Waals surface area contributed by atoms with E-state index in [1.165, 1.54) is 11.7 Å². The zero-order valence-electron chi connectivity index (χ0n) is 5.85. The Morgan fingerprint density at radius 1 is 1.56 bits per heavy atom. The van der Waals surface area contributed by atoms with Crippen molar-refractivity contribution in [2.45, 2.75) is 26.7 Å². The van der Waals surface area contributed by atoms with Crippen LogP contribution in [0.4, 0.5) is 0 Å². The lowest BCUT2D eigenvalue weighted by atomic mass is 10.2. The van der Waals surface area contributed by atoms with Gasteiger partial charge in [-0.25, -0.2) is 4.79 Å². The summed E-state index contributed by atoms with van der Waals surface area (Å²) in [5.74, 6) is 0. The molecule has 0 aromatic heterocycles. The van der Waals surface area contributed by atoms with Gasteiger partial charge < -0.3 is 0 Å². The number of nitrogens with zero attached hydrogens (tertiary/aromatic N) is 1. The van der Waals surface area contributed by atoms with Gasteiger partial charge in [-0.1, -0.05) is 19.4 Å². The van der Waals surface area contributed by atoms with E-state index in [2.05, 4.69) is 4.99 Å². The highest BCUT2D eigenvalue weighted by Gasteiger charge is 1.85. The highest BCUT2D eigenvalue weighted by atomic mass is 16.1. The van der Waals surface area contributed by atoms with Gasteiger partial charge in [0, 0.05) is 6.20 Å². The number of isocyanates is 1. The van der Waals surface area contributed by atoms with E-state index in [1.54, 1.807) is 6.20 Å². The number of allylic oxidation sites excluding steroid dienone is 1. The number of hydrogen-bond donors (Lipinski definition) is 0. The molecule has 0 aliphatic heterocycles. The standard InChI is InChI=1S/C7H11NO/c1-3-7(4-2)5-8-6-9/h5H,3-4H2,1-2H3. The van der Waals surface area contributed by atoms with Gasteiger partial charge in [0.05, 0.1) is 0 Å². The quantitative estimate of drug-likeness (QED) is 0.419. The zero-order chi connectivity index (χ0) is 7.11. The third-order valence-electron chi connectivity index (χ3n) is 1.21. The SMILES string of the molecule is CCC(=CN=C=O)CC. The molecule has 0 unspecified atom stereocenters. The number of hydrogen-bond acceptors (Lipinski definition) is 2. The molecular weight excluding hydrogens is 114 g/mol. The maximum Gasteiger partial charge on any atom is 0.239 e. The Balaban J connectivity index is 3.90. The van der Waals surface area contributed by atoms with Gasteiger partial charge in [-0.2, -0.15) is 4.99 Å². The molecule has 0 atom stereocenters. The van der Waals surface area contributed by atoms with Crippen LogP contribution in [0.2, 0.25) is 0 Å². The molecule has 0 saturated carbocycles. The van der Waals surface area contributed by atoms with Gasteiger partial charge in [0.2, 0.25) is 6.08 Å². The molecule has 0 bridgehead atoms. The van der Waals surface area contributed by atoms with Crippen molar-refractivity contribution in [1.29, 1.82) is 0 Å². The molecule has 0 radical (unpaired) electrons. The van der Waals surface area contributed by atoms with Gasteiger partial charge >= 0.3 is 0 Å². The van der Waals surface area contributed by atoms with Crippen LogP contribution < -0.4 is 0 Å². The van der Waals surface area contributed by atoms with Crippen LogP contribution in [-0.2, 0) is 4.79 Å². The van der Waals surface area contributed by atoms with E-state index in [0.29, 0.717) is 0 Å². The third-order valence-corrected chi connectivity index (χ3v) is 1.21. The largest absolute Gasteiger partial charge is 0.239 e. The molecule has 0 amide bonds. The topological polar surface area (TPSA) is 29.4 Å². The van der Waals surface area contributed by atoms with Crippen LogP contribution >= 0.6 is 0 Å².